The largest absolute Gasteiger partial charge is 0.334 e. The summed E-state index contributed by atoms with van der Waals surface area (Å²) in [5, 5.41) is 12.1. The summed E-state index contributed by atoms with van der Waals surface area (Å²) in [6.07, 6.45) is 3.30. The van der Waals surface area contributed by atoms with E-state index in [9.17, 15) is 4.79 Å². The van der Waals surface area contributed by atoms with Gasteiger partial charge in [-0.1, -0.05) is 42.5 Å². The third-order valence-corrected chi connectivity index (χ3v) is 4.99. The number of carbonyl (C=O) groups is 1. The second-order valence-corrected chi connectivity index (χ2v) is 6.82. The number of carbonyl (C=O) groups excluding carboxylic acids is 1. The second-order valence-electron chi connectivity index (χ2n) is 6.04. The average molecular weight is 374 g/mol. The first-order valence-corrected chi connectivity index (χ1v) is 9.56. The first kappa shape index (κ1) is 17.2. The Balaban J connectivity index is 1.40. The van der Waals surface area contributed by atoms with E-state index in [0.29, 0.717) is 13.1 Å². The minimum absolute atomic E-state index is 0.232. The molecule has 0 aliphatic heterocycles. The van der Waals surface area contributed by atoms with Crippen LogP contribution in [-0.2, 0) is 13.1 Å². The molecule has 27 heavy (non-hydrogen) atoms. The molecule has 2 heterocycles. The molecule has 0 aliphatic rings. The van der Waals surface area contributed by atoms with Crippen molar-refractivity contribution >= 4 is 28.1 Å². The molecule has 2 amide bonds. The molecule has 0 bridgehead atoms. The number of nitrogens with zero attached hydrogens (tertiary/aromatic N) is 2. The van der Waals surface area contributed by atoms with Crippen LogP contribution in [0.5, 0.6) is 0 Å². The van der Waals surface area contributed by atoms with E-state index in [1.165, 1.54) is 0 Å². The third-order valence-electron chi connectivity index (χ3n) is 4.30. The minimum Gasteiger partial charge on any atom is -0.334 e. The van der Waals surface area contributed by atoms with Crippen LogP contribution in [0, 0.1) is 0 Å². The molecule has 134 valence electrons. The molecule has 0 atom stereocenters. The van der Waals surface area contributed by atoms with Gasteiger partial charge in [0.05, 0.1) is 17.9 Å². The van der Waals surface area contributed by atoms with Gasteiger partial charge in [-0.25, -0.2) is 4.79 Å². The van der Waals surface area contributed by atoms with Crippen molar-refractivity contribution in [3.05, 3.63) is 82.9 Å². The molecular weight excluding hydrogens is 356 g/mol. The number of nitrogens with one attached hydrogen (secondary N) is 2. The minimum atomic E-state index is -0.232. The highest BCUT2D eigenvalue weighted by atomic mass is 32.1. The Kier molecular flexibility index (Phi) is 5.07. The number of aromatic nitrogens is 2. The van der Waals surface area contributed by atoms with Crippen LogP contribution in [0.3, 0.4) is 0 Å². The number of amides is 2. The van der Waals surface area contributed by atoms with Crippen LogP contribution in [0.15, 0.2) is 71.7 Å². The number of urea groups is 1. The fraction of sp³-hybridized carbons (Fsp3) is 0.0952. The highest BCUT2D eigenvalue weighted by Crippen LogP contribution is 2.22. The van der Waals surface area contributed by atoms with Crippen LogP contribution in [0.4, 0.5) is 4.79 Å². The van der Waals surface area contributed by atoms with Gasteiger partial charge in [0, 0.05) is 29.9 Å². The first-order valence-electron chi connectivity index (χ1n) is 8.62. The Labute approximate surface area is 161 Å². The van der Waals surface area contributed by atoms with E-state index < -0.39 is 0 Å². The average Bonchev–Trinajstić information content (AvgIpc) is 3.25. The summed E-state index contributed by atoms with van der Waals surface area (Å²) < 4.78 is 0. The molecule has 0 radical (unpaired) electrons. The van der Waals surface area contributed by atoms with Crippen molar-refractivity contribution in [2.45, 2.75) is 13.1 Å². The second kappa shape index (κ2) is 7.97. The van der Waals surface area contributed by atoms with Crippen molar-refractivity contribution in [3.63, 3.8) is 0 Å². The quantitative estimate of drug-likeness (QED) is 0.545. The Morgan fingerprint density at radius 2 is 1.74 bits per heavy atom. The highest BCUT2D eigenvalue weighted by Gasteiger charge is 2.10. The smallest absolute Gasteiger partial charge is 0.315 e. The summed E-state index contributed by atoms with van der Waals surface area (Å²) in [6, 6.07) is 16.0. The molecule has 2 aromatic carbocycles. The van der Waals surface area contributed by atoms with Crippen LogP contribution in [-0.4, -0.2) is 16.0 Å². The highest BCUT2D eigenvalue weighted by molar-refractivity contribution is 7.08. The maximum atomic E-state index is 12.3. The van der Waals surface area contributed by atoms with Gasteiger partial charge in [0.2, 0.25) is 0 Å². The third kappa shape index (κ3) is 3.96. The Bertz CT molecular complexity index is 1060. The summed E-state index contributed by atoms with van der Waals surface area (Å²) in [5.41, 5.74) is 3.65. The summed E-state index contributed by atoms with van der Waals surface area (Å²) >= 11 is 1.61. The lowest BCUT2D eigenvalue weighted by Crippen LogP contribution is -2.35. The maximum absolute atomic E-state index is 12.3. The molecule has 2 aromatic heterocycles. The van der Waals surface area contributed by atoms with E-state index in [2.05, 4.69) is 38.8 Å². The van der Waals surface area contributed by atoms with Crippen molar-refractivity contribution in [2.75, 3.05) is 0 Å². The van der Waals surface area contributed by atoms with Gasteiger partial charge in [-0.15, -0.1) is 0 Å². The molecule has 0 aliphatic carbocycles. The molecule has 0 saturated carbocycles. The normalized spacial score (nSPS) is 10.7. The number of hydrogen-bond acceptors (Lipinski definition) is 4. The first-order chi connectivity index (χ1) is 13.3. The van der Waals surface area contributed by atoms with Crippen LogP contribution in [0.2, 0.25) is 0 Å². The van der Waals surface area contributed by atoms with Gasteiger partial charge in [-0.3, -0.25) is 9.97 Å². The van der Waals surface area contributed by atoms with Gasteiger partial charge in [0.15, 0.2) is 0 Å². The maximum Gasteiger partial charge on any atom is 0.315 e. The lowest BCUT2D eigenvalue weighted by molar-refractivity contribution is 0.240. The van der Waals surface area contributed by atoms with Crippen LogP contribution in [0.1, 0.15) is 11.3 Å². The summed E-state index contributed by atoms with van der Waals surface area (Å²) in [7, 11) is 0. The Hall–Kier alpha value is -3.25. The summed E-state index contributed by atoms with van der Waals surface area (Å²) in [5.74, 6) is 0. The zero-order valence-electron chi connectivity index (χ0n) is 14.6. The van der Waals surface area contributed by atoms with E-state index >= 15 is 0 Å². The van der Waals surface area contributed by atoms with Crippen molar-refractivity contribution in [1.82, 2.24) is 20.6 Å². The zero-order valence-corrected chi connectivity index (χ0v) is 15.4. The predicted octanol–water partition coefficient (Wildman–Crippen LogP) is 4.36. The molecule has 0 spiro atoms. The fourth-order valence-electron chi connectivity index (χ4n) is 2.99. The molecule has 4 aromatic rings. The van der Waals surface area contributed by atoms with E-state index in [1.807, 2.05) is 41.1 Å². The van der Waals surface area contributed by atoms with Crippen molar-refractivity contribution < 1.29 is 4.79 Å². The molecule has 0 unspecified atom stereocenters. The number of thiophene rings is 1. The van der Waals surface area contributed by atoms with Crippen LogP contribution < -0.4 is 10.6 Å². The van der Waals surface area contributed by atoms with Crippen molar-refractivity contribution in [3.8, 4) is 11.3 Å². The standard InChI is InChI=1S/C21H18N4OS/c26-21(24-12-16-6-3-5-15-4-1-2-7-18(15)16)25-13-19-20(23-10-9-22-19)17-8-11-27-14-17/h1-11,14H,12-13H2,(H2,24,25,26). The van der Waals surface area contributed by atoms with E-state index in [0.717, 1.165) is 33.3 Å². The molecule has 4 rings (SSSR count). The van der Waals surface area contributed by atoms with Gasteiger partial charge >= 0.3 is 6.03 Å². The summed E-state index contributed by atoms with van der Waals surface area (Å²) in [6.45, 7) is 0.783. The number of hydrogen-bond donors (Lipinski definition) is 2. The van der Waals surface area contributed by atoms with E-state index in [1.54, 1.807) is 23.7 Å². The van der Waals surface area contributed by atoms with Crippen LogP contribution in [0.25, 0.3) is 22.0 Å². The summed E-state index contributed by atoms with van der Waals surface area (Å²) in [4.78, 5) is 21.0. The lowest BCUT2D eigenvalue weighted by Gasteiger charge is -2.11. The van der Waals surface area contributed by atoms with E-state index in [-0.39, 0.29) is 6.03 Å². The molecule has 2 N–H and O–H groups in total. The number of rotatable bonds is 5. The van der Waals surface area contributed by atoms with Gasteiger partial charge in [-0.05, 0) is 27.8 Å². The topological polar surface area (TPSA) is 66.9 Å². The monoisotopic (exact) mass is 374 g/mol. The van der Waals surface area contributed by atoms with Crippen LogP contribution >= 0.6 is 11.3 Å². The predicted molar refractivity (Wildman–Crippen MR) is 108 cm³/mol. The Morgan fingerprint density at radius 3 is 2.63 bits per heavy atom. The molecule has 5 nitrogen and oxygen atoms in total. The molecule has 6 heteroatoms. The number of benzene rings is 2. The van der Waals surface area contributed by atoms with Gasteiger partial charge in [-0.2, -0.15) is 11.3 Å². The lowest BCUT2D eigenvalue weighted by atomic mass is 10.0. The van der Waals surface area contributed by atoms with Crippen molar-refractivity contribution in [2.24, 2.45) is 0 Å². The van der Waals surface area contributed by atoms with Gasteiger partial charge in [0.25, 0.3) is 0 Å². The van der Waals surface area contributed by atoms with Crippen molar-refractivity contribution in [1.29, 1.82) is 0 Å². The molecular formula is C21H18N4OS. The fourth-order valence-corrected chi connectivity index (χ4v) is 3.63. The van der Waals surface area contributed by atoms with E-state index in [4.69, 9.17) is 0 Å². The van der Waals surface area contributed by atoms with Gasteiger partial charge in [0.1, 0.15) is 0 Å². The number of fused-ring (bicyclic) bond motifs is 1. The van der Waals surface area contributed by atoms with Gasteiger partial charge < -0.3 is 10.6 Å². The molecule has 0 saturated heterocycles. The Morgan fingerprint density at radius 1 is 0.926 bits per heavy atom. The SMILES string of the molecule is O=C(NCc1nccnc1-c1ccsc1)NCc1cccc2ccccc12. The molecule has 0 fully saturated rings. The zero-order chi connectivity index (χ0) is 18.5.